The van der Waals surface area contributed by atoms with Crippen molar-refractivity contribution in [2.75, 3.05) is 9.80 Å². The summed E-state index contributed by atoms with van der Waals surface area (Å²) in [6, 6.07) is 74.8. The van der Waals surface area contributed by atoms with Gasteiger partial charge in [0.05, 0.1) is 11.4 Å². The van der Waals surface area contributed by atoms with Crippen LogP contribution < -0.4 is 9.80 Å². The third-order valence-corrected chi connectivity index (χ3v) is 11.6. The first-order chi connectivity index (χ1) is 28.0. The topological polar surface area (TPSA) is 6.48 Å². The molecule has 0 spiro atoms. The van der Waals surface area contributed by atoms with Crippen LogP contribution in [0.1, 0.15) is 36.1 Å². The van der Waals surface area contributed by atoms with Gasteiger partial charge in [-0.1, -0.05) is 166 Å². The van der Waals surface area contributed by atoms with Gasteiger partial charge in [0.1, 0.15) is 0 Å². The molecule has 1 aliphatic rings. The highest BCUT2D eigenvalue weighted by Crippen LogP contribution is 2.52. The van der Waals surface area contributed by atoms with Gasteiger partial charge in [0.2, 0.25) is 0 Å². The summed E-state index contributed by atoms with van der Waals surface area (Å²) in [7, 11) is 0. The van der Waals surface area contributed by atoms with Crippen molar-refractivity contribution in [2.24, 2.45) is 0 Å². The van der Waals surface area contributed by atoms with E-state index in [9.17, 15) is 0 Å². The van der Waals surface area contributed by atoms with Crippen LogP contribution in [0.2, 0.25) is 0 Å². The molecule has 0 aliphatic carbocycles. The van der Waals surface area contributed by atoms with Crippen molar-refractivity contribution < 1.29 is 0 Å². The molecule has 10 rings (SSSR count). The number of para-hydroxylation sites is 2. The van der Waals surface area contributed by atoms with Gasteiger partial charge in [0, 0.05) is 28.2 Å². The maximum atomic E-state index is 2.40. The lowest BCUT2D eigenvalue weighted by Crippen LogP contribution is -2.30. The van der Waals surface area contributed by atoms with E-state index < -0.39 is 0 Å². The summed E-state index contributed by atoms with van der Waals surface area (Å²) in [5, 5.41) is 4.92. The van der Waals surface area contributed by atoms with E-state index in [1.165, 1.54) is 72.0 Å². The first-order valence-electron chi connectivity index (χ1n) is 19.8. The lowest BCUT2D eigenvalue weighted by molar-refractivity contribution is 0.631. The molecule has 0 saturated heterocycles. The molecular weight excluding hydrogens is 689 g/mol. The van der Waals surface area contributed by atoms with Gasteiger partial charge in [-0.05, 0) is 122 Å². The smallest absolute Gasteiger partial charge is 0.0503 e. The second-order valence-electron chi connectivity index (χ2n) is 15.5. The maximum absolute atomic E-state index is 2.40. The Kier molecular flexibility index (Phi) is 8.53. The fourth-order valence-corrected chi connectivity index (χ4v) is 8.54. The summed E-state index contributed by atoms with van der Waals surface area (Å²) in [5.41, 5.74) is 14.3. The Bertz CT molecular complexity index is 2840. The van der Waals surface area contributed by atoms with Gasteiger partial charge in [0.25, 0.3) is 0 Å². The average molecular weight is 731 g/mol. The summed E-state index contributed by atoms with van der Waals surface area (Å²) in [5.74, 6) is 0. The molecule has 9 aromatic carbocycles. The monoisotopic (exact) mass is 730 g/mol. The molecule has 0 atom stereocenters. The SMILES string of the molecule is CC1(C)c2ccccc2N(c2ccccc2)c2ccc(/C=C/c3ccc(-c4ccc(N(c5ccc6ccccc6c5)c5ccc6ccccc6c5)cc4)cc3)cc21. The molecule has 0 amide bonds. The normalized spacial score (nSPS) is 13.1. The molecule has 9 aromatic rings. The molecule has 0 aromatic heterocycles. The van der Waals surface area contributed by atoms with Gasteiger partial charge < -0.3 is 9.80 Å². The van der Waals surface area contributed by atoms with Crippen molar-refractivity contribution in [3.8, 4) is 11.1 Å². The van der Waals surface area contributed by atoms with E-state index in [0.717, 1.165) is 17.1 Å². The molecule has 0 radical (unpaired) electrons. The molecule has 2 heteroatoms. The molecule has 272 valence electrons. The van der Waals surface area contributed by atoms with Crippen LogP contribution in [0.3, 0.4) is 0 Å². The number of hydrogen-bond donors (Lipinski definition) is 0. The molecule has 0 N–H and O–H groups in total. The molecule has 0 saturated carbocycles. The van der Waals surface area contributed by atoms with E-state index in [2.05, 4.69) is 242 Å². The van der Waals surface area contributed by atoms with E-state index in [4.69, 9.17) is 0 Å². The van der Waals surface area contributed by atoms with Crippen LogP contribution in [0.25, 0.3) is 44.8 Å². The standard InChI is InChI=1S/C55H42N2/c1-55(2)51-18-10-11-19-53(51)57(47-16-4-3-5-17-47)54-35-24-40(36-52(54)55)21-20-39-22-25-43(26-23-39)44-27-31-48(32-28-44)56(49-33-29-41-12-6-8-14-45(41)37-49)50-34-30-42-13-7-9-15-46(42)38-50/h3-38H,1-2H3/b21-20+. The third-order valence-electron chi connectivity index (χ3n) is 11.6. The minimum Gasteiger partial charge on any atom is -0.310 e. The lowest BCUT2D eigenvalue weighted by Gasteiger charge is -2.42. The van der Waals surface area contributed by atoms with Gasteiger partial charge in [-0.15, -0.1) is 0 Å². The number of fused-ring (bicyclic) bond motifs is 4. The van der Waals surface area contributed by atoms with E-state index >= 15 is 0 Å². The van der Waals surface area contributed by atoms with Crippen LogP contribution in [0.15, 0.2) is 206 Å². The number of benzene rings is 9. The first kappa shape index (κ1) is 34.3. The van der Waals surface area contributed by atoms with Crippen molar-refractivity contribution in [2.45, 2.75) is 19.3 Å². The van der Waals surface area contributed by atoms with E-state index in [1.807, 2.05) is 0 Å². The fraction of sp³-hybridized carbons (Fsp3) is 0.0545. The molecule has 1 aliphatic heterocycles. The summed E-state index contributed by atoms with van der Waals surface area (Å²) in [6.45, 7) is 4.69. The van der Waals surface area contributed by atoms with E-state index in [-0.39, 0.29) is 5.41 Å². The number of nitrogens with zero attached hydrogens (tertiary/aromatic N) is 2. The van der Waals surface area contributed by atoms with Crippen molar-refractivity contribution in [3.63, 3.8) is 0 Å². The lowest BCUT2D eigenvalue weighted by atomic mass is 9.73. The zero-order chi connectivity index (χ0) is 38.3. The number of anilines is 6. The maximum Gasteiger partial charge on any atom is 0.0503 e. The predicted octanol–water partition coefficient (Wildman–Crippen LogP) is 15.4. The highest BCUT2D eigenvalue weighted by Gasteiger charge is 2.36. The third kappa shape index (κ3) is 6.36. The highest BCUT2D eigenvalue weighted by molar-refractivity contribution is 5.93. The van der Waals surface area contributed by atoms with Crippen molar-refractivity contribution in [1.29, 1.82) is 0 Å². The Morgan fingerprint density at radius 1 is 0.386 bits per heavy atom. The van der Waals surface area contributed by atoms with Crippen molar-refractivity contribution in [3.05, 3.63) is 229 Å². The molecular formula is C55H42N2. The minimum atomic E-state index is -0.139. The van der Waals surface area contributed by atoms with Gasteiger partial charge in [-0.2, -0.15) is 0 Å². The summed E-state index contributed by atoms with van der Waals surface area (Å²) in [6.07, 6.45) is 4.46. The first-order valence-corrected chi connectivity index (χ1v) is 19.8. The molecule has 57 heavy (non-hydrogen) atoms. The summed E-state index contributed by atoms with van der Waals surface area (Å²) >= 11 is 0. The summed E-state index contributed by atoms with van der Waals surface area (Å²) < 4.78 is 0. The minimum absolute atomic E-state index is 0.139. The number of hydrogen-bond acceptors (Lipinski definition) is 2. The van der Waals surface area contributed by atoms with Crippen molar-refractivity contribution >= 4 is 67.8 Å². The van der Waals surface area contributed by atoms with Crippen LogP contribution >= 0.6 is 0 Å². The van der Waals surface area contributed by atoms with Gasteiger partial charge in [0.15, 0.2) is 0 Å². The van der Waals surface area contributed by atoms with E-state index in [1.54, 1.807) is 0 Å². The molecule has 2 nitrogen and oxygen atoms in total. The average Bonchev–Trinajstić information content (AvgIpc) is 3.27. The van der Waals surface area contributed by atoms with Crippen LogP contribution in [-0.2, 0) is 5.41 Å². The zero-order valence-corrected chi connectivity index (χ0v) is 32.2. The van der Waals surface area contributed by atoms with Crippen molar-refractivity contribution in [1.82, 2.24) is 0 Å². The van der Waals surface area contributed by atoms with Gasteiger partial charge in [-0.3, -0.25) is 0 Å². The largest absolute Gasteiger partial charge is 0.310 e. The van der Waals surface area contributed by atoms with Gasteiger partial charge in [-0.25, -0.2) is 0 Å². The predicted molar refractivity (Wildman–Crippen MR) is 244 cm³/mol. The molecule has 1 heterocycles. The molecule has 0 fully saturated rings. The fourth-order valence-electron chi connectivity index (χ4n) is 8.54. The zero-order valence-electron chi connectivity index (χ0n) is 32.2. The Balaban J connectivity index is 0.925. The van der Waals surface area contributed by atoms with Crippen LogP contribution in [0, 0.1) is 0 Å². The van der Waals surface area contributed by atoms with E-state index in [0.29, 0.717) is 0 Å². The van der Waals surface area contributed by atoms with Crippen LogP contribution in [0.4, 0.5) is 34.1 Å². The second kappa shape index (κ2) is 14.2. The summed E-state index contributed by atoms with van der Waals surface area (Å²) in [4.78, 5) is 4.76. The Morgan fingerprint density at radius 2 is 0.877 bits per heavy atom. The Hall–Kier alpha value is -7.16. The molecule has 0 bridgehead atoms. The quantitative estimate of drug-likeness (QED) is 0.151. The Morgan fingerprint density at radius 3 is 1.53 bits per heavy atom. The Labute approximate surface area is 335 Å². The second-order valence-corrected chi connectivity index (χ2v) is 15.5. The number of rotatable bonds is 7. The van der Waals surface area contributed by atoms with Gasteiger partial charge >= 0.3 is 0 Å². The molecule has 0 unspecified atom stereocenters. The highest BCUT2D eigenvalue weighted by atomic mass is 15.2. The van der Waals surface area contributed by atoms with Crippen LogP contribution in [-0.4, -0.2) is 0 Å². The van der Waals surface area contributed by atoms with Crippen LogP contribution in [0.5, 0.6) is 0 Å².